The van der Waals surface area contributed by atoms with Gasteiger partial charge in [0.1, 0.15) is 11.5 Å². The van der Waals surface area contributed by atoms with Crippen LogP contribution in [0.2, 0.25) is 5.02 Å². The minimum absolute atomic E-state index is 0.0229. The number of H-pyrrole nitrogens is 1. The van der Waals surface area contributed by atoms with Crippen molar-refractivity contribution in [3.8, 4) is 0 Å². The number of hydrogen-bond donors (Lipinski definition) is 4. The second-order valence-electron chi connectivity index (χ2n) is 10.0. The minimum Gasteiger partial charge on any atom is -0.368 e. The predicted molar refractivity (Wildman–Crippen MR) is 170 cm³/mol. The average Bonchev–Trinajstić information content (AvgIpc) is 3.33. The van der Waals surface area contributed by atoms with E-state index in [0.717, 1.165) is 6.07 Å². The SMILES string of the molecule is Nc1nc(N2CCN(C(=S)Nc3ccc(S(=O)(=O)Nc4ccccc4)cc3)CC2)c2c(n1)[nH]c1cc(C(F)(F)F)c(Cl)cc12. The second-order valence-corrected chi connectivity index (χ2v) is 12.5. The zero-order chi connectivity index (χ0) is 31.2. The maximum Gasteiger partial charge on any atom is 0.417 e. The highest BCUT2D eigenvalue weighted by Crippen LogP contribution is 2.40. The van der Waals surface area contributed by atoms with Gasteiger partial charge in [0.05, 0.1) is 20.9 Å². The third kappa shape index (κ3) is 5.89. The molecule has 0 amide bonds. The molecule has 228 valence electrons. The number of piperazine rings is 1. The van der Waals surface area contributed by atoms with E-state index in [1.54, 1.807) is 42.5 Å². The molecule has 0 aliphatic carbocycles. The van der Waals surface area contributed by atoms with E-state index in [4.69, 9.17) is 29.6 Å². The Morgan fingerprint density at radius 2 is 1.66 bits per heavy atom. The van der Waals surface area contributed by atoms with E-state index in [0.29, 0.717) is 64.9 Å². The lowest BCUT2D eigenvalue weighted by atomic mass is 10.1. The number of aromatic nitrogens is 3. The first-order valence-electron chi connectivity index (χ1n) is 13.2. The molecule has 6 rings (SSSR count). The number of thiocarbonyl (C=S) groups is 1. The molecule has 0 unspecified atom stereocenters. The number of nitrogens with zero attached hydrogens (tertiary/aromatic N) is 4. The summed E-state index contributed by atoms with van der Waals surface area (Å²) < 4.78 is 68.3. The summed E-state index contributed by atoms with van der Waals surface area (Å²) in [5.74, 6) is 0.458. The molecule has 5 aromatic rings. The number of nitrogens with two attached hydrogens (primary N) is 1. The number of rotatable bonds is 5. The first-order valence-corrected chi connectivity index (χ1v) is 15.5. The summed E-state index contributed by atoms with van der Waals surface area (Å²) in [5, 5.41) is 4.15. The minimum atomic E-state index is -4.61. The number of hydrogen-bond acceptors (Lipinski definition) is 7. The van der Waals surface area contributed by atoms with Crippen LogP contribution in [0.3, 0.4) is 0 Å². The first kappa shape index (κ1) is 29.7. The van der Waals surface area contributed by atoms with Crippen molar-refractivity contribution in [1.82, 2.24) is 19.9 Å². The Kier molecular flexibility index (Phi) is 7.63. The fourth-order valence-electron chi connectivity index (χ4n) is 5.02. The fourth-order valence-corrected chi connectivity index (χ4v) is 6.65. The summed E-state index contributed by atoms with van der Waals surface area (Å²) in [6.07, 6.45) is -4.61. The fraction of sp³-hybridized carbons (Fsp3) is 0.179. The van der Waals surface area contributed by atoms with Crippen LogP contribution in [-0.4, -0.2) is 59.6 Å². The summed E-state index contributed by atoms with van der Waals surface area (Å²) >= 11 is 11.6. The Hall–Kier alpha value is -4.34. The molecule has 3 heterocycles. The quantitative estimate of drug-likeness (QED) is 0.176. The van der Waals surface area contributed by atoms with Crippen LogP contribution in [0.15, 0.2) is 71.6 Å². The molecule has 44 heavy (non-hydrogen) atoms. The van der Waals surface area contributed by atoms with Gasteiger partial charge in [-0.3, -0.25) is 4.72 Å². The molecule has 5 N–H and O–H groups in total. The lowest BCUT2D eigenvalue weighted by Crippen LogP contribution is -2.50. The number of nitrogens with one attached hydrogen (secondary N) is 3. The Morgan fingerprint density at radius 3 is 2.32 bits per heavy atom. The highest BCUT2D eigenvalue weighted by Gasteiger charge is 2.34. The largest absolute Gasteiger partial charge is 0.417 e. The third-order valence-corrected chi connectivity index (χ3v) is 9.22. The van der Waals surface area contributed by atoms with Crippen LogP contribution < -0.4 is 20.7 Å². The van der Waals surface area contributed by atoms with Crippen molar-refractivity contribution in [2.24, 2.45) is 0 Å². The molecule has 1 aliphatic heterocycles. The molecule has 1 fully saturated rings. The average molecular weight is 661 g/mol. The normalized spacial score (nSPS) is 14.3. The van der Waals surface area contributed by atoms with Crippen LogP contribution in [-0.2, 0) is 16.2 Å². The van der Waals surface area contributed by atoms with Gasteiger partial charge in [-0.15, -0.1) is 0 Å². The van der Waals surface area contributed by atoms with Gasteiger partial charge in [0.2, 0.25) is 5.95 Å². The van der Waals surface area contributed by atoms with E-state index in [2.05, 4.69) is 25.0 Å². The van der Waals surface area contributed by atoms with E-state index < -0.39 is 26.8 Å². The molecule has 0 spiro atoms. The maximum absolute atomic E-state index is 13.4. The number of anilines is 4. The Balaban J connectivity index is 1.15. The highest BCUT2D eigenvalue weighted by atomic mass is 35.5. The molecule has 1 aliphatic rings. The van der Waals surface area contributed by atoms with Crippen LogP contribution in [0.25, 0.3) is 21.9 Å². The van der Waals surface area contributed by atoms with Crippen LogP contribution in [0.5, 0.6) is 0 Å². The maximum atomic E-state index is 13.4. The Morgan fingerprint density at radius 1 is 0.977 bits per heavy atom. The van der Waals surface area contributed by atoms with Gasteiger partial charge in [-0.05, 0) is 60.7 Å². The number of alkyl halides is 3. The molecular weight excluding hydrogens is 637 g/mol. The van der Waals surface area contributed by atoms with Gasteiger partial charge in [-0.2, -0.15) is 23.1 Å². The van der Waals surface area contributed by atoms with Gasteiger partial charge in [-0.25, -0.2) is 8.42 Å². The molecule has 16 heteroatoms. The number of nitrogen functional groups attached to an aromatic ring is 1. The number of halogens is 4. The smallest absolute Gasteiger partial charge is 0.368 e. The van der Waals surface area contributed by atoms with Crippen LogP contribution in [0.1, 0.15) is 5.56 Å². The molecule has 0 bridgehead atoms. The standard InChI is InChI=1S/C28H24ClF3N8O2S2/c29-21-14-19-22(15-20(21)28(30,31)32)35-24-23(19)25(37-26(33)36-24)39-10-12-40(13-11-39)27(43)34-16-6-8-18(9-7-16)44(41,42)38-17-4-2-1-3-5-17/h1-9,14-15,38H,10-13H2,(H,34,43)(H3,33,35,36,37). The lowest BCUT2D eigenvalue weighted by molar-refractivity contribution is -0.137. The highest BCUT2D eigenvalue weighted by molar-refractivity contribution is 7.92. The van der Waals surface area contributed by atoms with E-state index in [9.17, 15) is 21.6 Å². The van der Waals surface area contributed by atoms with Crippen LogP contribution in [0.4, 0.5) is 36.3 Å². The Bertz CT molecular complexity index is 1980. The van der Waals surface area contributed by atoms with Crippen molar-refractivity contribution in [2.45, 2.75) is 11.1 Å². The van der Waals surface area contributed by atoms with E-state index in [1.807, 2.05) is 9.80 Å². The number of para-hydroxylation sites is 1. The summed E-state index contributed by atoms with van der Waals surface area (Å²) in [6, 6.07) is 17.1. The predicted octanol–water partition coefficient (Wildman–Crippen LogP) is 5.69. The summed E-state index contributed by atoms with van der Waals surface area (Å²) in [7, 11) is -3.76. The van der Waals surface area contributed by atoms with Crippen molar-refractivity contribution >= 4 is 84.0 Å². The van der Waals surface area contributed by atoms with Crippen LogP contribution >= 0.6 is 23.8 Å². The third-order valence-electron chi connectivity index (χ3n) is 7.15. The molecule has 10 nitrogen and oxygen atoms in total. The molecule has 1 saturated heterocycles. The molecule has 2 aromatic heterocycles. The number of sulfonamides is 1. The van der Waals surface area contributed by atoms with Gasteiger partial charge in [0, 0.05) is 48.5 Å². The van der Waals surface area contributed by atoms with Gasteiger partial charge < -0.3 is 25.8 Å². The van der Waals surface area contributed by atoms with Crippen molar-refractivity contribution in [1.29, 1.82) is 0 Å². The molecule has 0 saturated carbocycles. The molecule has 0 atom stereocenters. The second kappa shape index (κ2) is 11.3. The number of benzene rings is 3. The van der Waals surface area contributed by atoms with Crippen molar-refractivity contribution in [2.75, 3.05) is 46.9 Å². The van der Waals surface area contributed by atoms with Crippen molar-refractivity contribution in [3.63, 3.8) is 0 Å². The van der Waals surface area contributed by atoms with E-state index >= 15 is 0 Å². The van der Waals surface area contributed by atoms with Crippen molar-refractivity contribution < 1.29 is 21.6 Å². The zero-order valence-electron chi connectivity index (χ0n) is 22.7. The summed E-state index contributed by atoms with van der Waals surface area (Å²) in [6.45, 7) is 1.98. The van der Waals surface area contributed by atoms with Gasteiger partial charge in [0.15, 0.2) is 5.11 Å². The van der Waals surface area contributed by atoms with Gasteiger partial charge >= 0.3 is 6.18 Å². The van der Waals surface area contributed by atoms with Crippen molar-refractivity contribution in [3.05, 3.63) is 77.3 Å². The number of fused-ring (bicyclic) bond motifs is 3. The summed E-state index contributed by atoms with van der Waals surface area (Å²) in [4.78, 5) is 15.6. The first-order chi connectivity index (χ1) is 20.9. The van der Waals surface area contributed by atoms with Crippen LogP contribution in [0, 0.1) is 0 Å². The molecule has 0 radical (unpaired) electrons. The Labute approximate surface area is 260 Å². The monoisotopic (exact) mass is 660 g/mol. The molecule has 3 aromatic carbocycles. The zero-order valence-corrected chi connectivity index (χ0v) is 25.1. The van der Waals surface area contributed by atoms with Gasteiger partial charge in [-0.1, -0.05) is 29.8 Å². The van der Waals surface area contributed by atoms with Gasteiger partial charge in [0.25, 0.3) is 10.0 Å². The lowest BCUT2D eigenvalue weighted by Gasteiger charge is -2.37. The molecular formula is C28H24ClF3N8O2S2. The topological polar surface area (TPSA) is 132 Å². The summed E-state index contributed by atoms with van der Waals surface area (Å²) in [5.41, 5.74) is 6.62. The number of aromatic amines is 1. The van der Waals surface area contributed by atoms with E-state index in [1.165, 1.54) is 18.2 Å². The van der Waals surface area contributed by atoms with E-state index in [-0.39, 0.29) is 16.4 Å².